The first kappa shape index (κ1) is 16.8. The van der Waals surface area contributed by atoms with Gasteiger partial charge in [-0.1, -0.05) is 24.3 Å². The standard InChI is InChI=1S/C20H25NO3/c1-20(2)11-16-9-14(7-8-19(16)24-20)12-21-13-18(22)15-5-4-6-17(10-15)23-3/h4-10,18,21-22H,11-13H2,1-3H3. The lowest BCUT2D eigenvalue weighted by Gasteiger charge is -2.16. The second-order valence-electron chi connectivity index (χ2n) is 6.90. The predicted molar refractivity (Wildman–Crippen MR) is 94.5 cm³/mol. The van der Waals surface area contributed by atoms with E-state index in [1.165, 1.54) is 11.1 Å². The molecule has 0 saturated carbocycles. The molecule has 1 unspecified atom stereocenters. The molecule has 0 fully saturated rings. The number of nitrogens with one attached hydrogen (secondary N) is 1. The van der Waals surface area contributed by atoms with Crippen LogP contribution in [0.2, 0.25) is 0 Å². The van der Waals surface area contributed by atoms with Crippen molar-refractivity contribution in [3.8, 4) is 11.5 Å². The van der Waals surface area contributed by atoms with E-state index in [0.717, 1.165) is 30.0 Å². The molecule has 1 heterocycles. The molecule has 0 saturated heterocycles. The van der Waals surface area contributed by atoms with Crippen LogP contribution in [0.3, 0.4) is 0 Å². The van der Waals surface area contributed by atoms with Crippen molar-refractivity contribution in [2.24, 2.45) is 0 Å². The average molecular weight is 327 g/mol. The number of benzene rings is 2. The molecule has 4 nitrogen and oxygen atoms in total. The molecule has 1 aliphatic heterocycles. The van der Waals surface area contributed by atoms with Crippen molar-refractivity contribution in [2.75, 3.05) is 13.7 Å². The summed E-state index contributed by atoms with van der Waals surface area (Å²) in [7, 11) is 1.63. The van der Waals surface area contributed by atoms with Crippen molar-refractivity contribution in [3.05, 3.63) is 59.2 Å². The van der Waals surface area contributed by atoms with Crippen LogP contribution in [0.25, 0.3) is 0 Å². The number of aliphatic hydroxyl groups excluding tert-OH is 1. The summed E-state index contributed by atoms with van der Waals surface area (Å²) in [6, 6.07) is 13.8. The highest BCUT2D eigenvalue weighted by molar-refractivity contribution is 5.41. The Hall–Kier alpha value is -2.04. The van der Waals surface area contributed by atoms with Gasteiger partial charge in [0.15, 0.2) is 0 Å². The molecule has 1 aliphatic rings. The summed E-state index contributed by atoms with van der Waals surface area (Å²) in [4.78, 5) is 0. The van der Waals surface area contributed by atoms with E-state index in [2.05, 4.69) is 31.3 Å². The van der Waals surface area contributed by atoms with Gasteiger partial charge in [-0.15, -0.1) is 0 Å². The quantitative estimate of drug-likeness (QED) is 0.855. The van der Waals surface area contributed by atoms with Crippen LogP contribution in [0.4, 0.5) is 0 Å². The van der Waals surface area contributed by atoms with Crippen LogP contribution in [-0.2, 0) is 13.0 Å². The minimum Gasteiger partial charge on any atom is -0.497 e. The molecular formula is C20H25NO3. The van der Waals surface area contributed by atoms with Gasteiger partial charge in [-0.05, 0) is 48.7 Å². The summed E-state index contributed by atoms with van der Waals surface area (Å²) in [6.07, 6.45) is 0.375. The minimum absolute atomic E-state index is 0.114. The Bertz CT molecular complexity index is 712. The number of ether oxygens (including phenoxy) is 2. The molecule has 0 aromatic heterocycles. The molecule has 2 aromatic carbocycles. The van der Waals surface area contributed by atoms with Crippen LogP contribution in [0.1, 0.15) is 36.6 Å². The number of hydrogen-bond acceptors (Lipinski definition) is 4. The maximum Gasteiger partial charge on any atom is 0.123 e. The van der Waals surface area contributed by atoms with Crippen LogP contribution < -0.4 is 14.8 Å². The van der Waals surface area contributed by atoms with Crippen LogP contribution in [0.15, 0.2) is 42.5 Å². The molecule has 0 bridgehead atoms. The van der Waals surface area contributed by atoms with Gasteiger partial charge in [0.1, 0.15) is 17.1 Å². The SMILES string of the molecule is COc1cccc(C(O)CNCc2ccc3c(c2)CC(C)(C)O3)c1. The molecule has 2 aromatic rings. The molecule has 128 valence electrons. The fraction of sp³-hybridized carbons (Fsp3) is 0.400. The van der Waals surface area contributed by atoms with E-state index < -0.39 is 6.10 Å². The zero-order chi connectivity index (χ0) is 17.2. The number of hydrogen-bond donors (Lipinski definition) is 2. The van der Waals surface area contributed by atoms with Crippen molar-refractivity contribution in [1.29, 1.82) is 0 Å². The first-order valence-corrected chi connectivity index (χ1v) is 8.30. The summed E-state index contributed by atoms with van der Waals surface area (Å²) in [5.41, 5.74) is 3.20. The van der Waals surface area contributed by atoms with Crippen LogP contribution >= 0.6 is 0 Å². The Morgan fingerprint density at radius 3 is 2.88 bits per heavy atom. The lowest BCUT2D eigenvalue weighted by atomic mass is 10.0. The van der Waals surface area contributed by atoms with Gasteiger partial charge in [-0.25, -0.2) is 0 Å². The highest BCUT2D eigenvalue weighted by Gasteiger charge is 2.29. The van der Waals surface area contributed by atoms with Gasteiger partial charge in [-0.3, -0.25) is 0 Å². The van der Waals surface area contributed by atoms with Crippen molar-refractivity contribution >= 4 is 0 Å². The van der Waals surface area contributed by atoms with Crippen molar-refractivity contribution in [2.45, 2.75) is 38.5 Å². The summed E-state index contributed by atoms with van der Waals surface area (Å²) >= 11 is 0. The zero-order valence-corrected chi connectivity index (χ0v) is 14.5. The summed E-state index contributed by atoms with van der Waals surface area (Å²) < 4.78 is 11.1. The van der Waals surface area contributed by atoms with Gasteiger partial charge in [-0.2, -0.15) is 0 Å². The first-order chi connectivity index (χ1) is 11.5. The molecule has 1 atom stereocenters. The maximum absolute atomic E-state index is 10.3. The Labute approximate surface area is 143 Å². The van der Waals surface area contributed by atoms with E-state index in [1.54, 1.807) is 7.11 Å². The van der Waals surface area contributed by atoms with Gasteiger partial charge in [0.05, 0.1) is 13.2 Å². The predicted octanol–water partition coefficient (Wildman–Crippen LogP) is 3.23. The van der Waals surface area contributed by atoms with Crippen LogP contribution in [-0.4, -0.2) is 24.4 Å². The van der Waals surface area contributed by atoms with Gasteiger partial charge in [0, 0.05) is 19.5 Å². The second kappa shape index (κ2) is 6.83. The summed E-state index contributed by atoms with van der Waals surface area (Å²) in [5.74, 6) is 1.74. The third-order valence-electron chi connectivity index (χ3n) is 4.27. The topological polar surface area (TPSA) is 50.7 Å². The highest BCUT2D eigenvalue weighted by Crippen LogP contribution is 2.35. The second-order valence-corrected chi connectivity index (χ2v) is 6.90. The Kier molecular flexibility index (Phi) is 4.78. The summed E-state index contributed by atoms with van der Waals surface area (Å²) in [6.45, 7) is 5.42. The van der Waals surface area contributed by atoms with Gasteiger partial charge < -0.3 is 19.9 Å². The molecule has 4 heteroatoms. The monoisotopic (exact) mass is 327 g/mol. The number of methoxy groups -OCH3 is 1. The van der Waals surface area contributed by atoms with Gasteiger partial charge in [0.2, 0.25) is 0 Å². The number of fused-ring (bicyclic) bond motifs is 1. The third kappa shape index (κ3) is 3.89. The molecule has 0 spiro atoms. The lowest BCUT2D eigenvalue weighted by molar-refractivity contribution is 0.138. The van der Waals surface area contributed by atoms with E-state index in [4.69, 9.17) is 9.47 Å². The fourth-order valence-electron chi connectivity index (χ4n) is 3.09. The third-order valence-corrected chi connectivity index (χ3v) is 4.27. The van der Waals surface area contributed by atoms with Crippen molar-refractivity contribution in [1.82, 2.24) is 5.32 Å². The first-order valence-electron chi connectivity index (χ1n) is 8.30. The van der Waals surface area contributed by atoms with Crippen LogP contribution in [0.5, 0.6) is 11.5 Å². The lowest BCUT2D eigenvalue weighted by Crippen LogP contribution is -2.24. The maximum atomic E-state index is 10.3. The Morgan fingerprint density at radius 1 is 1.25 bits per heavy atom. The highest BCUT2D eigenvalue weighted by atomic mass is 16.5. The van der Waals surface area contributed by atoms with E-state index in [0.29, 0.717) is 6.54 Å². The molecule has 0 aliphatic carbocycles. The van der Waals surface area contributed by atoms with Gasteiger partial charge in [0.25, 0.3) is 0 Å². The van der Waals surface area contributed by atoms with Gasteiger partial charge >= 0.3 is 0 Å². The molecule has 0 amide bonds. The average Bonchev–Trinajstić information content (AvgIpc) is 2.88. The van der Waals surface area contributed by atoms with E-state index in [-0.39, 0.29) is 5.60 Å². The summed E-state index contributed by atoms with van der Waals surface area (Å²) in [5, 5.41) is 13.6. The number of rotatable bonds is 6. The number of aliphatic hydroxyl groups is 1. The van der Waals surface area contributed by atoms with Crippen molar-refractivity contribution < 1.29 is 14.6 Å². The molecule has 2 N–H and O–H groups in total. The molecule has 0 radical (unpaired) electrons. The normalized spacial score (nSPS) is 16.3. The van der Waals surface area contributed by atoms with E-state index in [9.17, 15) is 5.11 Å². The molecule has 3 rings (SSSR count). The molecule has 24 heavy (non-hydrogen) atoms. The Balaban J connectivity index is 1.55. The van der Waals surface area contributed by atoms with E-state index in [1.807, 2.05) is 30.3 Å². The molecular weight excluding hydrogens is 302 g/mol. The zero-order valence-electron chi connectivity index (χ0n) is 14.5. The van der Waals surface area contributed by atoms with E-state index >= 15 is 0 Å². The smallest absolute Gasteiger partial charge is 0.123 e. The fourth-order valence-corrected chi connectivity index (χ4v) is 3.09. The minimum atomic E-state index is -0.559. The largest absolute Gasteiger partial charge is 0.497 e. The van der Waals surface area contributed by atoms with Crippen molar-refractivity contribution in [3.63, 3.8) is 0 Å². The Morgan fingerprint density at radius 2 is 2.08 bits per heavy atom. The van der Waals surface area contributed by atoms with Crippen LogP contribution in [0, 0.1) is 0 Å².